The van der Waals surface area contributed by atoms with E-state index in [9.17, 15) is 4.79 Å². The van der Waals surface area contributed by atoms with E-state index in [1.807, 2.05) is 41.3 Å². The number of hydrogen-bond donors (Lipinski definition) is 2. The van der Waals surface area contributed by atoms with Crippen LogP contribution in [0.1, 0.15) is 59.7 Å². The molecule has 3 aromatic rings. The van der Waals surface area contributed by atoms with Gasteiger partial charge in [-0.2, -0.15) is 0 Å². The van der Waals surface area contributed by atoms with Gasteiger partial charge < -0.3 is 15.5 Å². The third kappa shape index (κ3) is 7.66. The van der Waals surface area contributed by atoms with Gasteiger partial charge in [0.1, 0.15) is 5.82 Å². The molecule has 222 valence electrons. The van der Waals surface area contributed by atoms with E-state index in [1.54, 1.807) is 6.07 Å². The number of rotatable bonds is 10. The minimum absolute atomic E-state index is 0.0761. The lowest BCUT2D eigenvalue weighted by Crippen LogP contribution is -2.48. The molecule has 3 aliphatic rings. The second-order valence-corrected chi connectivity index (χ2v) is 12.8. The Kier molecular flexibility index (Phi) is 9.33. The Bertz CT molecular complexity index is 1370. The van der Waals surface area contributed by atoms with E-state index in [0.717, 1.165) is 68.9 Å². The number of piperidine rings is 1. The van der Waals surface area contributed by atoms with Crippen molar-refractivity contribution in [3.63, 3.8) is 0 Å². The van der Waals surface area contributed by atoms with Crippen molar-refractivity contribution in [3.05, 3.63) is 94.8 Å². The summed E-state index contributed by atoms with van der Waals surface area (Å²) in [5.74, 6) is 1.09. The molecule has 2 N–H and O–H groups in total. The predicted molar refractivity (Wildman–Crippen MR) is 168 cm³/mol. The van der Waals surface area contributed by atoms with Crippen LogP contribution in [-0.2, 0) is 19.5 Å². The Balaban J connectivity index is 1.18. The second kappa shape index (κ2) is 13.5. The molecule has 2 heterocycles. The molecule has 2 aliphatic heterocycles. The van der Waals surface area contributed by atoms with Crippen LogP contribution < -0.4 is 10.6 Å². The Morgan fingerprint density at radius 3 is 2.52 bits per heavy atom. The Hall–Kier alpha value is -3.06. The van der Waals surface area contributed by atoms with Crippen molar-refractivity contribution in [3.8, 4) is 11.1 Å². The first-order chi connectivity index (χ1) is 20.5. The maximum absolute atomic E-state index is 15.2. The molecule has 2 saturated heterocycles. The van der Waals surface area contributed by atoms with Crippen molar-refractivity contribution in [2.24, 2.45) is 11.8 Å². The van der Waals surface area contributed by atoms with Crippen molar-refractivity contribution in [1.82, 2.24) is 20.4 Å². The van der Waals surface area contributed by atoms with E-state index in [2.05, 4.69) is 46.7 Å². The first kappa shape index (κ1) is 29.0. The molecule has 1 saturated carbocycles. The molecule has 0 aromatic heterocycles. The fourth-order valence-electron chi connectivity index (χ4n) is 6.63. The number of nitrogens with one attached hydrogen (secondary N) is 2. The summed E-state index contributed by atoms with van der Waals surface area (Å²) in [6.45, 7) is 9.51. The maximum Gasteiger partial charge on any atom is 0.254 e. The molecule has 3 aromatic carbocycles. The van der Waals surface area contributed by atoms with Gasteiger partial charge in [0.2, 0.25) is 0 Å². The van der Waals surface area contributed by atoms with Crippen LogP contribution in [0.3, 0.4) is 0 Å². The normalized spacial score (nSPS) is 20.0. The number of halogens is 1. The average molecular weight is 569 g/mol. The topological polar surface area (TPSA) is 47.6 Å². The lowest BCUT2D eigenvalue weighted by Gasteiger charge is -2.31. The standard InChI is InChI=1S/C36H45FN4O/c1-26-22-40(17-16-39-26)23-30-5-3-6-32(20-30)34-21-31(10-11-35(34)37)25-41(24-28-8-9-28)36(42)33-7-2-4-29(19-33)18-27-12-14-38-15-13-27/h2-7,10-11,19-21,26-28,38-39H,8-9,12-18,22-25H2,1H3/t26-/m0/s1. The molecule has 0 bridgehead atoms. The van der Waals surface area contributed by atoms with Crippen LogP contribution in [0.25, 0.3) is 11.1 Å². The van der Waals surface area contributed by atoms with Crippen molar-refractivity contribution in [2.75, 3.05) is 39.3 Å². The molecule has 1 aliphatic carbocycles. The first-order valence-corrected chi connectivity index (χ1v) is 15.9. The van der Waals surface area contributed by atoms with Gasteiger partial charge in [-0.3, -0.25) is 9.69 Å². The summed E-state index contributed by atoms with van der Waals surface area (Å²) in [6.07, 6.45) is 5.76. The number of amides is 1. The number of benzene rings is 3. The van der Waals surface area contributed by atoms with Crippen LogP contribution in [0, 0.1) is 17.7 Å². The SMILES string of the molecule is C[C@H]1CN(Cc2cccc(-c3cc(CN(CC4CC4)C(=O)c4cccc(CC5CCNCC5)c4)ccc3F)c2)CCN1. The van der Waals surface area contributed by atoms with E-state index in [4.69, 9.17) is 0 Å². The summed E-state index contributed by atoms with van der Waals surface area (Å²) >= 11 is 0. The van der Waals surface area contributed by atoms with Gasteiger partial charge in [0.25, 0.3) is 5.91 Å². The van der Waals surface area contributed by atoms with Gasteiger partial charge in [-0.25, -0.2) is 4.39 Å². The predicted octanol–water partition coefficient (Wildman–Crippen LogP) is 5.88. The third-order valence-electron chi connectivity index (χ3n) is 9.12. The molecule has 1 amide bonds. The zero-order valence-corrected chi connectivity index (χ0v) is 25.0. The highest BCUT2D eigenvalue weighted by Gasteiger charge is 2.28. The van der Waals surface area contributed by atoms with Gasteiger partial charge in [-0.05, 0) is 117 Å². The summed E-state index contributed by atoms with van der Waals surface area (Å²) in [6, 6.07) is 22.4. The lowest BCUT2D eigenvalue weighted by molar-refractivity contribution is 0.0734. The van der Waals surface area contributed by atoms with Crippen LogP contribution >= 0.6 is 0 Å². The number of nitrogens with zero attached hydrogens (tertiary/aromatic N) is 2. The lowest BCUT2D eigenvalue weighted by atomic mass is 9.90. The van der Waals surface area contributed by atoms with Gasteiger partial charge in [-0.1, -0.05) is 36.4 Å². The Morgan fingerprint density at radius 1 is 0.905 bits per heavy atom. The van der Waals surface area contributed by atoms with Crippen molar-refractivity contribution in [2.45, 2.75) is 58.2 Å². The van der Waals surface area contributed by atoms with E-state index in [0.29, 0.717) is 30.0 Å². The molecule has 42 heavy (non-hydrogen) atoms. The van der Waals surface area contributed by atoms with Gasteiger partial charge in [0.05, 0.1) is 0 Å². The van der Waals surface area contributed by atoms with Crippen molar-refractivity contribution < 1.29 is 9.18 Å². The first-order valence-electron chi connectivity index (χ1n) is 15.9. The molecule has 0 unspecified atom stereocenters. The van der Waals surface area contributed by atoms with Crippen molar-refractivity contribution >= 4 is 5.91 Å². The molecule has 3 fully saturated rings. The van der Waals surface area contributed by atoms with E-state index >= 15 is 4.39 Å². The van der Waals surface area contributed by atoms with Gasteiger partial charge in [0, 0.05) is 56.4 Å². The van der Waals surface area contributed by atoms with Crippen LogP contribution in [0.2, 0.25) is 0 Å². The number of piperazine rings is 1. The highest BCUT2D eigenvalue weighted by atomic mass is 19.1. The third-order valence-corrected chi connectivity index (χ3v) is 9.12. The van der Waals surface area contributed by atoms with Gasteiger partial charge >= 0.3 is 0 Å². The maximum atomic E-state index is 15.2. The quantitative estimate of drug-likeness (QED) is 0.321. The molecule has 0 spiro atoms. The molecular weight excluding hydrogens is 523 g/mol. The number of carbonyl (C=O) groups is 1. The van der Waals surface area contributed by atoms with Crippen LogP contribution in [0.4, 0.5) is 4.39 Å². The Morgan fingerprint density at radius 2 is 1.71 bits per heavy atom. The number of hydrogen-bond acceptors (Lipinski definition) is 4. The van der Waals surface area contributed by atoms with Crippen LogP contribution in [-0.4, -0.2) is 61.0 Å². The van der Waals surface area contributed by atoms with E-state index in [-0.39, 0.29) is 11.7 Å². The minimum Gasteiger partial charge on any atom is -0.334 e. The van der Waals surface area contributed by atoms with Crippen molar-refractivity contribution in [1.29, 1.82) is 0 Å². The highest BCUT2D eigenvalue weighted by Crippen LogP contribution is 2.32. The average Bonchev–Trinajstić information content (AvgIpc) is 3.82. The highest BCUT2D eigenvalue weighted by molar-refractivity contribution is 5.94. The van der Waals surface area contributed by atoms with Crippen LogP contribution in [0.5, 0.6) is 0 Å². The summed E-state index contributed by atoms with van der Waals surface area (Å²) in [5.41, 5.74) is 5.66. The summed E-state index contributed by atoms with van der Waals surface area (Å²) in [7, 11) is 0. The van der Waals surface area contributed by atoms with Gasteiger partial charge in [-0.15, -0.1) is 0 Å². The molecular formula is C36H45FN4O. The van der Waals surface area contributed by atoms with E-state index < -0.39 is 0 Å². The molecule has 6 rings (SSSR count). The van der Waals surface area contributed by atoms with Crippen LogP contribution in [0.15, 0.2) is 66.7 Å². The van der Waals surface area contributed by atoms with E-state index in [1.165, 1.54) is 36.8 Å². The minimum atomic E-state index is -0.225. The summed E-state index contributed by atoms with van der Waals surface area (Å²) in [5, 5.41) is 6.94. The number of carbonyl (C=O) groups excluding carboxylic acids is 1. The fraction of sp³-hybridized carbons (Fsp3) is 0.472. The van der Waals surface area contributed by atoms with Gasteiger partial charge in [0.15, 0.2) is 0 Å². The zero-order valence-electron chi connectivity index (χ0n) is 25.0. The second-order valence-electron chi connectivity index (χ2n) is 12.8. The largest absolute Gasteiger partial charge is 0.334 e. The zero-order chi connectivity index (χ0) is 28.9. The Labute approximate surface area is 250 Å². The fourth-order valence-corrected chi connectivity index (χ4v) is 6.63. The smallest absolute Gasteiger partial charge is 0.254 e. The molecule has 5 nitrogen and oxygen atoms in total. The molecule has 1 atom stereocenters. The monoisotopic (exact) mass is 568 g/mol. The molecule has 0 radical (unpaired) electrons. The summed E-state index contributed by atoms with van der Waals surface area (Å²) < 4.78 is 15.2. The summed E-state index contributed by atoms with van der Waals surface area (Å²) in [4.78, 5) is 18.3. The molecule has 6 heteroatoms.